The molecule has 0 aromatic rings. The lowest BCUT2D eigenvalue weighted by Gasteiger charge is -2.39. The zero-order valence-corrected chi connectivity index (χ0v) is 13.8. The number of rotatable bonds is 4. The van der Waals surface area contributed by atoms with Crippen molar-refractivity contribution in [3.8, 4) is 0 Å². The van der Waals surface area contributed by atoms with E-state index in [1.165, 1.54) is 45.2 Å². The molecule has 0 N–H and O–H groups in total. The van der Waals surface area contributed by atoms with Gasteiger partial charge in [-0.25, -0.2) is 0 Å². The van der Waals surface area contributed by atoms with Gasteiger partial charge >= 0.3 is 0 Å². The Hall–Kier alpha value is -0.160. The van der Waals surface area contributed by atoms with E-state index in [0.717, 1.165) is 32.3 Å². The van der Waals surface area contributed by atoms with Crippen molar-refractivity contribution < 1.29 is 9.47 Å². The van der Waals surface area contributed by atoms with Gasteiger partial charge in [0, 0.05) is 38.8 Å². The Morgan fingerprint density at radius 2 is 1.76 bits per heavy atom. The predicted molar refractivity (Wildman–Crippen MR) is 84.6 cm³/mol. The molecule has 3 fully saturated rings. The van der Waals surface area contributed by atoms with Crippen molar-refractivity contribution in [3.05, 3.63) is 0 Å². The summed E-state index contributed by atoms with van der Waals surface area (Å²) in [6, 6.07) is 0.730. The van der Waals surface area contributed by atoms with Gasteiger partial charge in [0.2, 0.25) is 0 Å². The van der Waals surface area contributed by atoms with Crippen molar-refractivity contribution in [3.63, 3.8) is 0 Å². The first-order valence-electron chi connectivity index (χ1n) is 8.94. The summed E-state index contributed by atoms with van der Waals surface area (Å²) in [6.45, 7) is 11.2. The minimum Gasteiger partial charge on any atom is -0.377 e. The summed E-state index contributed by atoms with van der Waals surface area (Å²) >= 11 is 0. The highest BCUT2D eigenvalue weighted by atomic mass is 16.5. The summed E-state index contributed by atoms with van der Waals surface area (Å²) in [5, 5.41) is 0. The minimum absolute atomic E-state index is 0.380. The van der Waals surface area contributed by atoms with Crippen molar-refractivity contribution in [1.29, 1.82) is 0 Å². The van der Waals surface area contributed by atoms with E-state index >= 15 is 0 Å². The van der Waals surface area contributed by atoms with Crippen LogP contribution in [0, 0.1) is 0 Å². The summed E-state index contributed by atoms with van der Waals surface area (Å²) in [7, 11) is 0. The predicted octanol–water partition coefficient (Wildman–Crippen LogP) is 2.13. The SMILES string of the molecule is CC1CN(CC2CCCN2CC2CCCCO2)CC(C)O1. The van der Waals surface area contributed by atoms with Crippen LogP contribution in [-0.2, 0) is 9.47 Å². The number of hydrogen-bond donors (Lipinski definition) is 0. The first-order valence-corrected chi connectivity index (χ1v) is 8.94. The molecule has 3 aliphatic heterocycles. The Bertz CT molecular complexity index is 310. The molecule has 4 heteroatoms. The number of hydrogen-bond acceptors (Lipinski definition) is 4. The van der Waals surface area contributed by atoms with Crippen molar-refractivity contribution in [1.82, 2.24) is 9.80 Å². The largest absolute Gasteiger partial charge is 0.377 e. The highest BCUT2D eigenvalue weighted by molar-refractivity contribution is 4.86. The maximum atomic E-state index is 5.94. The van der Waals surface area contributed by atoms with E-state index in [2.05, 4.69) is 23.6 Å². The van der Waals surface area contributed by atoms with Gasteiger partial charge in [-0.15, -0.1) is 0 Å². The average molecular weight is 296 g/mol. The number of morpholine rings is 1. The fraction of sp³-hybridized carbons (Fsp3) is 1.00. The highest BCUT2D eigenvalue weighted by Gasteiger charge is 2.31. The third kappa shape index (κ3) is 4.41. The summed E-state index contributed by atoms with van der Waals surface area (Å²) in [4.78, 5) is 5.31. The fourth-order valence-corrected chi connectivity index (χ4v) is 4.29. The summed E-state index contributed by atoms with van der Waals surface area (Å²) in [5.74, 6) is 0. The normalized spacial score (nSPS) is 39.7. The fourth-order valence-electron chi connectivity index (χ4n) is 4.29. The monoisotopic (exact) mass is 296 g/mol. The van der Waals surface area contributed by atoms with Gasteiger partial charge in [0.15, 0.2) is 0 Å². The van der Waals surface area contributed by atoms with E-state index in [0.29, 0.717) is 18.3 Å². The van der Waals surface area contributed by atoms with Gasteiger partial charge in [-0.05, 0) is 52.5 Å². The Labute approximate surface area is 129 Å². The van der Waals surface area contributed by atoms with Crippen LogP contribution in [0.3, 0.4) is 0 Å². The van der Waals surface area contributed by atoms with E-state index in [-0.39, 0.29) is 0 Å². The van der Waals surface area contributed by atoms with Crippen molar-refractivity contribution in [2.45, 2.75) is 70.3 Å². The lowest BCUT2D eigenvalue weighted by molar-refractivity contribution is -0.0742. The molecule has 0 saturated carbocycles. The minimum atomic E-state index is 0.380. The quantitative estimate of drug-likeness (QED) is 0.793. The molecule has 0 radical (unpaired) electrons. The second-order valence-electron chi connectivity index (χ2n) is 7.26. The van der Waals surface area contributed by atoms with Crippen molar-refractivity contribution in [2.75, 3.05) is 39.3 Å². The van der Waals surface area contributed by atoms with Gasteiger partial charge in [0.05, 0.1) is 18.3 Å². The molecule has 0 aromatic carbocycles. The Kier molecular flexibility index (Phi) is 5.54. The van der Waals surface area contributed by atoms with E-state index in [1.54, 1.807) is 0 Å². The van der Waals surface area contributed by atoms with Gasteiger partial charge in [0.25, 0.3) is 0 Å². The third-order valence-corrected chi connectivity index (χ3v) is 5.18. The summed E-state index contributed by atoms with van der Waals surface area (Å²) < 4.78 is 11.8. The molecule has 122 valence electrons. The molecular weight excluding hydrogens is 264 g/mol. The van der Waals surface area contributed by atoms with Crippen LogP contribution in [0.2, 0.25) is 0 Å². The Morgan fingerprint density at radius 1 is 0.952 bits per heavy atom. The van der Waals surface area contributed by atoms with Crippen LogP contribution in [-0.4, -0.2) is 73.5 Å². The first kappa shape index (κ1) is 15.7. The van der Waals surface area contributed by atoms with Crippen LogP contribution in [0.1, 0.15) is 46.0 Å². The molecule has 0 spiro atoms. The Balaban J connectivity index is 1.49. The van der Waals surface area contributed by atoms with Crippen LogP contribution >= 0.6 is 0 Å². The van der Waals surface area contributed by atoms with Crippen LogP contribution < -0.4 is 0 Å². The molecule has 0 amide bonds. The molecule has 0 aliphatic carbocycles. The molecule has 0 aromatic heterocycles. The lowest BCUT2D eigenvalue weighted by Crippen LogP contribution is -2.51. The highest BCUT2D eigenvalue weighted by Crippen LogP contribution is 2.23. The zero-order chi connectivity index (χ0) is 14.7. The maximum Gasteiger partial charge on any atom is 0.0702 e. The molecule has 3 saturated heterocycles. The van der Waals surface area contributed by atoms with Gasteiger partial charge in [-0.3, -0.25) is 9.80 Å². The van der Waals surface area contributed by atoms with Crippen LogP contribution in [0.15, 0.2) is 0 Å². The molecule has 4 nitrogen and oxygen atoms in total. The van der Waals surface area contributed by atoms with Crippen LogP contribution in [0.5, 0.6) is 0 Å². The molecule has 4 atom stereocenters. The van der Waals surface area contributed by atoms with E-state index in [9.17, 15) is 0 Å². The van der Waals surface area contributed by atoms with Crippen LogP contribution in [0.25, 0.3) is 0 Å². The summed E-state index contributed by atoms with van der Waals surface area (Å²) in [5.41, 5.74) is 0. The maximum absolute atomic E-state index is 5.94. The standard InChI is InChI=1S/C17H32N2O2/c1-14-10-18(11-15(2)21-14)12-16-6-5-8-19(16)13-17-7-3-4-9-20-17/h14-17H,3-13H2,1-2H3. The molecule has 21 heavy (non-hydrogen) atoms. The van der Waals surface area contributed by atoms with Crippen LogP contribution in [0.4, 0.5) is 0 Å². The summed E-state index contributed by atoms with van der Waals surface area (Å²) in [6.07, 6.45) is 7.82. The number of likely N-dealkylation sites (tertiary alicyclic amines) is 1. The van der Waals surface area contributed by atoms with Gasteiger partial charge in [-0.1, -0.05) is 0 Å². The van der Waals surface area contributed by atoms with E-state index in [1.807, 2.05) is 0 Å². The third-order valence-electron chi connectivity index (χ3n) is 5.18. The molecule has 3 aliphatic rings. The molecule has 3 rings (SSSR count). The zero-order valence-electron chi connectivity index (χ0n) is 13.8. The topological polar surface area (TPSA) is 24.9 Å². The second kappa shape index (κ2) is 7.40. The number of nitrogens with zero attached hydrogens (tertiary/aromatic N) is 2. The lowest BCUT2D eigenvalue weighted by atomic mass is 10.1. The van der Waals surface area contributed by atoms with Gasteiger partial charge in [-0.2, -0.15) is 0 Å². The number of ether oxygens (including phenoxy) is 2. The van der Waals surface area contributed by atoms with Crippen molar-refractivity contribution in [2.24, 2.45) is 0 Å². The molecule has 3 heterocycles. The average Bonchev–Trinajstić information content (AvgIpc) is 2.86. The molecule has 0 bridgehead atoms. The van der Waals surface area contributed by atoms with Gasteiger partial charge in [0.1, 0.15) is 0 Å². The van der Waals surface area contributed by atoms with E-state index in [4.69, 9.17) is 9.47 Å². The van der Waals surface area contributed by atoms with E-state index < -0.39 is 0 Å². The molecular formula is C17H32N2O2. The smallest absolute Gasteiger partial charge is 0.0702 e. The van der Waals surface area contributed by atoms with Crippen molar-refractivity contribution >= 4 is 0 Å². The first-order chi connectivity index (χ1) is 10.2. The Morgan fingerprint density at radius 3 is 2.48 bits per heavy atom. The molecule has 4 unspecified atom stereocenters. The second-order valence-corrected chi connectivity index (χ2v) is 7.26. The van der Waals surface area contributed by atoms with Gasteiger partial charge < -0.3 is 9.47 Å².